The fraction of sp³-hybridized carbons (Fsp3) is 0.556. The van der Waals surface area contributed by atoms with Gasteiger partial charge < -0.3 is 5.32 Å². The summed E-state index contributed by atoms with van der Waals surface area (Å²) in [5.74, 6) is 1.35. The van der Waals surface area contributed by atoms with E-state index in [9.17, 15) is 8.42 Å². The molecule has 36 heavy (non-hydrogen) atoms. The first kappa shape index (κ1) is 25.5. The molecule has 3 atom stereocenters. The molecule has 5 rings (SSSR count). The van der Waals surface area contributed by atoms with Crippen LogP contribution in [-0.2, 0) is 16.4 Å². The van der Waals surface area contributed by atoms with Gasteiger partial charge in [-0.15, -0.1) is 11.6 Å². The number of anilines is 1. The number of nitrogens with zero attached hydrogens (tertiary/aromatic N) is 4. The first-order valence-corrected chi connectivity index (χ1v) is 15.1. The summed E-state index contributed by atoms with van der Waals surface area (Å²) in [7, 11) is -3.50. The molecule has 1 aliphatic heterocycles. The van der Waals surface area contributed by atoms with Crippen LogP contribution in [0.25, 0.3) is 5.65 Å². The molecule has 1 saturated heterocycles. The van der Waals surface area contributed by atoms with Crippen molar-refractivity contribution in [3.8, 4) is 0 Å². The van der Waals surface area contributed by atoms with Crippen LogP contribution in [0.5, 0.6) is 0 Å². The smallest absolute Gasteiger partial charge is 0.243 e. The lowest BCUT2D eigenvalue weighted by Crippen LogP contribution is -2.41. The Balaban J connectivity index is 1.32. The van der Waals surface area contributed by atoms with E-state index in [4.69, 9.17) is 16.6 Å². The van der Waals surface area contributed by atoms with Crippen molar-refractivity contribution in [3.05, 3.63) is 53.3 Å². The number of rotatable bonds is 7. The summed E-state index contributed by atoms with van der Waals surface area (Å²) in [6.07, 6.45) is 9.00. The predicted molar refractivity (Wildman–Crippen MR) is 144 cm³/mol. The molecule has 3 aromatic rings. The van der Waals surface area contributed by atoms with E-state index in [2.05, 4.69) is 23.4 Å². The minimum atomic E-state index is -3.50. The number of aromatic nitrogens is 3. The van der Waals surface area contributed by atoms with E-state index >= 15 is 0 Å². The molecule has 1 saturated carbocycles. The molecule has 3 heterocycles. The highest BCUT2D eigenvalue weighted by atomic mass is 35.5. The van der Waals surface area contributed by atoms with Crippen LogP contribution in [0.2, 0.25) is 0 Å². The molecule has 2 aliphatic rings. The molecule has 7 nitrogen and oxygen atoms in total. The normalized spacial score (nSPS) is 23.7. The summed E-state index contributed by atoms with van der Waals surface area (Å²) in [4.78, 5) is 5.32. The topological polar surface area (TPSA) is 79.6 Å². The molecular formula is C27H36ClN5O2S. The second-order valence-corrected chi connectivity index (χ2v) is 12.8. The van der Waals surface area contributed by atoms with Crippen LogP contribution in [-0.4, -0.2) is 52.3 Å². The largest absolute Gasteiger partial charge is 0.370 e. The van der Waals surface area contributed by atoms with Crippen molar-refractivity contribution >= 4 is 33.1 Å². The number of nitrogens with one attached hydrogen (secondary N) is 1. The van der Waals surface area contributed by atoms with E-state index in [1.165, 1.54) is 12.8 Å². The highest BCUT2D eigenvalue weighted by Gasteiger charge is 2.31. The van der Waals surface area contributed by atoms with Crippen molar-refractivity contribution in [1.82, 2.24) is 18.9 Å². The lowest BCUT2D eigenvalue weighted by molar-refractivity contribution is 0.275. The molecule has 0 amide bonds. The maximum atomic E-state index is 13.3. The molecule has 0 radical (unpaired) electrons. The van der Waals surface area contributed by atoms with Gasteiger partial charge in [0, 0.05) is 42.6 Å². The van der Waals surface area contributed by atoms with Crippen LogP contribution < -0.4 is 5.32 Å². The standard InChI is InChI=1S/C27H36ClN5O2S/c1-3-20-10-12-22(13-11-20)36(34,35)32-14-6-7-21(18-32)17-29-26-15-25(23-8-4-5-9-24(23)28)31-27-19(2)16-30-33(26)27/h10-13,15-16,21,23-24,29H,3-9,14,17-18H2,1-2H3. The van der Waals surface area contributed by atoms with E-state index < -0.39 is 10.0 Å². The zero-order valence-electron chi connectivity index (χ0n) is 21.2. The molecule has 2 fully saturated rings. The Morgan fingerprint density at radius 2 is 1.89 bits per heavy atom. The maximum Gasteiger partial charge on any atom is 0.243 e. The number of alkyl halides is 1. The molecule has 1 aromatic carbocycles. The van der Waals surface area contributed by atoms with E-state index in [-0.39, 0.29) is 17.2 Å². The zero-order chi connectivity index (χ0) is 25.3. The summed E-state index contributed by atoms with van der Waals surface area (Å²) in [5.41, 5.74) is 4.05. The summed E-state index contributed by atoms with van der Waals surface area (Å²) in [6, 6.07) is 9.39. The summed E-state index contributed by atoms with van der Waals surface area (Å²) >= 11 is 6.71. The van der Waals surface area contributed by atoms with Gasteiger partial charge in [0.05, 0.1) is 16.8 Å². The van der Waals surface area contributed by atoms with Crippen LogP contribution in [0.1, 0.15) is 68.2 Å². The third-order valence-electron chi connectivity index (χ3n) is 7.75. The quantitative estimate of drug-likeness (QED) is 0.416. The Bertz CT molecular complexity index is 1310. The first-order valence-electron chi connectivity index (χ1n) is 13.2. The van der Waals surface area contributed by atoms with E-state index in [1.54, 1.807) is 16.4 Å². The van der Waals surface area contributed by atoms with Crippen LogP contribution in [0.15, 0.2) is 41.4 Å². The average molecular weight is 530 g/mol. The summed E-state index contributed by atoms with van der Waals surface area (Å²) in [5, 5.41) is 8.24. The molecule has 0 bridgehead atoms. The van der Waals surface area contributed by atoms with Gasteiger partial charge in [0.25, 0.3) is 0 Å². The fourth-order valence-electron chi connectivity index (χ4n) is 5.53. The van der Waals surface area contributed by atoms with Gasteiger partial charge in [-0.3, -0.25) is 0 Å². The molecule has 0 spiro atoms. The third kappa shape index (κ3) is 5.13. The van der Waals surface area contributed by atoms with Gasteiger partial charge in [0.1, 0.15) is 5.82 Å². The summed E-state index contributed by atoms with van der Waals surface area (Å²) in [6.45, 7) is 5.84. The SMILES string of the molecule is CCc1ccc(S(=O)(=O)N2CCCC(CNc3cc(C4CCCCC4Cl)nc4c(C)cnn34)C2)cc1. The zero-order valence-corrected chi connectivity index (χ0v) is 22.7. The van der Waals surface area contributed by atoms with Crippen LogP contribution >= 0.6 is 11.6 Å². The molecule has 1 N–H and O–H groups in total. The first-order chi connectivity index (χ1) is 17.4. The molecule has 9 heteroatoms. The van der Waals surface area contributed by atoms with Crippen LogP contribution in [0.4, 0.5) is 5.82 Å². The van der Waals surface area contributed by atoms with Crippen molar-refractivity contribution in [3.63, 3.8) is 0 Å². The predicted octanol–water partition coefficient (Wildman–Crippen LogP) is 5.38. The Labute approximate surface area is 219 Å². The van der Waals surface area contributed by atoms with E-state index in [0.29, 0.717) is 24.5 Å². The van der Waals surface area contributed by atoms with Crippen molar-refractivity contribution in [1.29, 1.82) is 0 Å². The lowest BCUT2D eigenvalue weighted by Gasteiger charge is -2.32. The maximum absolute atomic E-state index is 13.3. The Kier molecular flexibility index (Phi) is 7.56. The van der Waals surface area contributed by atoms with Gasteiger partial charge in [-0.1, -0.05) is 31.9 Å². The minimum Gasteiger partial charge on any atom is -0.370 e. The number of hydrogen-bond donors (Lipinski definition) is 1. The van der Waals surface area contributed by atoms with E-state index in [1.807, 2.05) is 29.8 Å². The highest BCUT2D eigenvalue weighted by Crippen LogP contribution is 2.37. The van der Waals surface area contributed by atoms with Gasteiger partial charge in [0.15, 0.2) is 5.65 Å². The second-order valence-electron chi connectivity index (χ2n) is 10.3. The van der Waals surface area contributed by atoms with Gasteiger partial charge in [-0.25, -0.2) is 13.4 Å². The monoisotopic (exact) mass is 529 g/mol. The molecule has 3 unspecified atom stereocenters. The number of piperidine rings is 1. The fourth-order valence-corrected chi connectivity index (χ4v) is 7.50. The molecule has 194 valence electrons. The van der Waals surface area contributed by atoms with Gasteiger partial charge in [-0.2, -0.15) is 13.9 Å². The van der Waals surface area contributed by atoms with Crippen molar-refractivity contribution in [2.24, 2.45) is 5.92 Å². The molecule has 1 aliphatic carbocycles. The van der Waals surface area contributed by atoms with E-state index in [0.717, 1.165) is 60.4 Å². The second kappa shape index (κ2) is 10.7. The highest BCUT2D eigenvalue weighted by molar-refractivity contribution is 7.89. The van der Waals surface area contributed by atoms with Crippen molar-refractivity contribution < 1.29 is 8.42 Å². The number of sulfonamides is 1. The van der Waals surface area contributed by atoms with Gasteiger partial charge >= 0.3 is 0 Å². The molecular weight excluding hydrogens is 494 g/mol. The minimum absolute atomic E-state index is 0.105. The average Bonchev–Trinajstić information content (AvgIpc) is 3.28. The van der Waals surface area contributed by atoms with Crippen molar-refractivity contribution in [2.45, 2.75) is 75.0 Å². The number of benzene rings is 1. The number of halogens is 1. The molecule has 2 aromatic heterocycles. The Morgan fingerprint density at radius 1 is 1.11 bits per heavy atom. The van der Waals surface area contributed by atoms with Crippen molar-refractivity contribution in [2.75, 3.05) is 25.0 Å². The van der Waals surface area contributed by atoms with Crippen LogP contribution in [0, 0.1) is 12.8 Å². The Morgan fingerprint density at radius 3 is 2.64 bits per heavy atom. The van der Waals surface area contributed by atoms with Gasteiger partial charge in [-0.05, 0) is 62.6 Å². The summed E-state index contributed by atoms with van der Waals surface area (Å²) < 4.78 is 30.1. The van der Waals surface area contributed by atoms with Crippen LogP contribution in [0.3, 0.4) is 0 Å². The Hall–Kier alpha value is -2.16. The lowest BCUT2D eigenvalue weighted by atomic mass is 9.86. The number of aryl methyl sites for hydroxylation is 2. The van der Waals surface area contributed by atoms with Gasteiger partial charge in [0.2, 0.25) is 10.0 Å². The number of fused-ring (bicyclic) bond motifs is 1. The number of hydrogen-bond acceptors (Lipinski definition) is 5. The third-order valence-corrected chi connectivity index (χ3v) is 10.2.